The normalized spacial score (nSPS) is 22.1. The molecule has 4 fully saturated rings. The fourth-order valence-electron chi connectivity index (χ4n) is 10.3. The van der Waals surface area contributed by atoms with Crippen LogP contribution in [0.2, 0.25) is 5.02 Å². The molecule has 13 nitrogen and oxygen atoms in total. The topological polar surface area (TPSA) is 154 Å². The number of likely N-dealkylation sites (tertiary alicyclic amines) is 2. The number of amides is 2. The van der Waals surface area contributed by atoms with Gasteiger partial charge >= 0.3 is 0 Å². The summed E-state index contributed by atoms with van der Waals surface area (Å²) in [6.07, 6.45) is 13.9. The van der Waals surface area contributed by atoms with Crippen LogP contribution in [0.25, 0.3) is 10.9 Å². The third kappa shape index (κ3) is 9.24. The van der Waals surface area contributed by atoms with Gasteiger partial charge in [-0.2, -0.15) is 0 Å². The van der Waals surface area contributed by atoms with E-state index in [1.165, 1.54) is 17.7 Å². The third-order valence-corrected chi connectivity index (χ3v) is 15.4. The van der Waals surface area contributed by atoms with Crippen molar-refractivity contribution < 1.29 is 32.2 Å². The van der Waals surface area contributed by atoms with Crippen molar-refractivity contribution in [2.75, 3.05) is 63.9 Å². The Kier molecular flexibility index (Phi) is 12.9. The van der Waals surface area contributed by atoms with Crippen molar-refractivity contribution in [1.82, 2.24) is 19.5 Å². The molecule has 2 unspecified atom stereocenters. The number of fused-ring (bicyclic) bond motifs is 1. The molecule has 2 amide bonds. The number of piperidine rings is 1. The standard InChI is InChI=1S/C48H57ClN6O7S/c1-60-31-52-43-28-39(10-13-42(43)51-29-32-17-24-61-25-18-32)63(58,59)53-46(56)40-11-8-37(27-44(40)62-38-9-12-41-35(26-38)14-21-50-41)54-22-15-33(16-23-54)30-55-45(34-4-6-36(49)7-5-34)48(47(55)57)19-2-3-20-48/h4-7,9-14,21,26-28,32-33,37,45,50-52H,2-3,8,15-20,22-25,29-31H2,1H3,(H,53,56). The number of rotatable bonds is 15. The fraction of sp³-hybridized carbons (Fsp3) is 0.458. The highest BCUT2D eigenvalue weighted by atomic mass is 35.5. The number of hydrogen-bond donors (Lipinski definition) is 4. The first-order valence-electron chi connectivity index (χ1n) is 22.3. The van der Waals surface area contributed by atoms with Gasteiger partial charge in [0.05, 0.1) is 33.3 Å². The van der Waals surface area contributed by atoms with E-state index in [0.717, 1.165) is 107 Å². The predicted molar refractivity (Wildman–Crippen MR) is 244 cm³/mol. The van der Waals surface area contributed by atoms with Crippen LogP contribution < -0.4 is 20.1 Å². The van der Waals surface area contributed by atoms with Crippen molar-refractivity contribution >= 4 is 55.7 Å². The molecule has 1 saturated carbocycles. The quantitative estimate of drug-likeness (QED) is 0.0682. The molecule has 63 heavy (non-hydrogen) atoms. The van der Waals surface area contributed by atoms with Crippen molar-refractivity contribution in [2.24, 2.45) is 17.3 Å². The minimum Gasteiger partial charge on any atom is -0.457 e. The number of hydrogen-bond acceptors (Lipinski definition) is 10. The van der Waals surface area contributed by atoms with Crippen molar-refractivity contribution in [3.8, 4) is 5.75 Å². The first-order chi connectivity index (χ1) is 30.6. The molecule has 9 rings (SSSR count). The lowest BCUT2D eigenvalue weighted by Crippen LogP contribution is -2.63. The summed E-state index contributed by atoms with van der Waals surface area (Å²) in [5.41, 5.74) is 3.27. The summed E-state index contributed by atoms with van der Waals surface area (Å²) in [4.78, 5) is 35.6. The molecule has 4 aromatic rings. The second-order valence-corrected chi connectivity index (χ2v) is 19.8. The largest absolute Gasteiger partial charge is 0.457 e. The zero-order valence-electron chi connectivity index (χ0n) is 35.7. The third-order valence-electron chi connectivity index (χ3n) is 13.8. The molecule has 334 valence electrons. The molecule has 5 aliphatic rings. The van der Waals surface area contributed by atoms with Crippen LogP contribution in [0.3, 0.4) is 0 Å². The molecule has 15 heteroatoms. The lowest BCUT2D eigenvalue weighted by molar-refractivity contribution is -0.175. The number of H-pyrrole nitrogens is 1. The summed E-state index contributed by atoms with van der Waals surface area (Å²) < 4.78 is 47.4. The minimum atomic E-state index is -4.31. The Labute approximate surface area is 374 Å². The first-order valence-corrected chi connectivity index (χ1v) is 24.2. The zero-order valence-corrected chi connectivity index (χ0v) is 37.3. The van der Waals surface area contributed by atoms with Gasteiger partial charge in [-0.15, -0.1) is 0 Å². The van der Waals surface area contributed by atoms with Crippen molar-refractivity contribution in [2.45, 2.75) is 74.8 Å². The van der Waals surface area contributed by atoms with E-state index in [-0.39, 0.29) is 34.7 Å². The molecule has 0 radical (unpaired) electrons. The zero-order chi connectivity index (χ0) is 43.6. The van der Waals surface area contributed by atoms with Gasteiger partial charge in [0.1, 0.15) is 18.2 Å². The number of halogens is 1. The monoisotopic (exact) mass is 896 g/mol. The summed E-state index contributed by atoms with van der Waals surface area (Å²) in [5, 5.41) is 8.24. The number of sulfonamides is 1. The molecule has 1 spiro atoms. The summed E-state index contributed by atoms with van der Waals surface area (Å²) in [6, 6.07) is 20.3. The fourth-order valence-corrected chi connectivity index (χ4v) is 11.5. The van der Waals surface area contributed by atoms with Gasteiger partial charge < -0.3 is 34.7 Å². The number of nitrogens with zero attached hydrogens (tertiary/aromatic N) is 2. The number of ether oxygens (including phenoxy) is 3. The van der Waals surface area contributed by atoms with Crippen LogP contribution in [0.5, 0.6) is 5.75 Å². The van der Waals surface area contributed by atoms with Gasteiger partial charge in [-0.05, 0) is 136 Å². The molecule has 2 aliphatic carbocycles. The highest BCUT2D eigenvalue weighted by molar-refractivity contribution is 7.90. The molecule has 3 saturated heterocycles. The maximum Gasteiger partial charge on any atom is 0.268 e. The number of nitrogens with one attached hydrogen (secondary N) is 4. The van der Waals surface area contributed by atoms with Gasteiger partial charge in [0, 0.05) is 61.6 Å². The SMILES string of the molecule is COCNc1cc(S(=O)(=O)NC(=O)C2=CCC(N3CCC(CN4C(=O)C5(CCCC5)C4c4ccc(Cl)cc4)CC3)C=C2Oc2ccc3[nH]ccc3c2)ccc1NCC1CCOCC1. The molecule has 0 bridgehead atoms. The van der Waals surface area contributed by atoms with E-state index in [1.807, 2.05) is 48.7 Å². The maximum atomic E-state index is 14.1. The van der Waals surface area contributed by atoms with Crippen LogP contribution in [0.1, 0.15) is 69.4 Å². The number of carbonyl (C=O) groups excluding carboxylic acids is 2. The van der Waals surface area contributed by atoms with E-state index in [9.17, 15) is 18.0 Å². The van der Waals surface area contributed by atoms with Crippen molar-refractivity contribution in [3.05, 3.63) is 107 Å². The van der Waals surface area contributed by atoms with E-state index >= 15 is 0 Å². The van der Waals surface area contributed by atoms with Gasteiger partial charge in [-0.25, -0.2) is 13.1 Å². The Morgan fingerprint density at radius 1 is 0.937 bits per heavy atom. The number of methoxy groups -OCH3 is 1. The molecular weight excluding hydrogens is 840 g/mol. The highest BCUT2D eigenvalue weighted by Gasteiger charge is 2.61. The summed E-state index contributed by atoms with van der Waals surface area (Å²) in [6.45, 7) is 4.71. The Bertz CT molecular complexity index is 2470. The van der Waals surface area contributed by atoms with E-state index in [1.54, 1.807) is 19.3 Å². The van der Waals surface area contributed by atoms with E-state index in [0.29, 0.717) is 46.4 Å². The Hall–Kier alpha value is -4.86. The number of anilines is 2. The molecule has 3 aromatic carbocycles. The summed E-state index contributed by atoms with van der Waals surface area (Å²) in [5.74, 6) is 1.16. The van der Waals surface area contributed by atoms with Crippen molar-refractivity contribution in [3.63, 3.8) is 0 Å². The Morgan fingerprint density at radius 3 is 2.48 bits per heavy atom. The van der Waals surface area contributed by atoms with Crippen LogP contribution in [0.15, 0.2) is 101 Å². The van der Waals surface area contributed by atoms with E-state index in [2.05, 4.69) is 42.3 Å². The Balaban J connectivity index is 0.890. The summed E-state index contributed by atoms with van der Waals surface area (Å²) >= 11 is 6.26. The second kappa shape index (κ2) is 18.7. The van der Waals surface area contributed by atoms with Gasteiger partial charge in [0.25, 0.3) is 15.9 Å². The number of benzene rings is 3. The molecular formula is C48H57ClN6O7S. The molecule has 4 heterocycles. The number of carbonyl (C=O) groups is 2. The average Bonchev–Trinajstić information content (AvgIpc) is 4.00. The maximum absolute atomic E-state index is 14.1. The second-order valence-electron chi connectivity index (χ2n) is 17.7. The van der Waals surface area contributed by atoms with Crippen LogP contribution in [0.4, 0.5) is 11.4 Å². The molecule has 2 atom stereocenters. The van der Waals surface area contributed by atoms with Gasteiger partial charge in [-0.1, -0.05) is 42.7 Å². The molecule has 1 aromatic heterocycles. The molecule has 3 aliphatic heterocycles. The van der Waals surface area contributed by atoms with Crippen molar-refractivity contribution in [1.29, 1.82) is 0 Å². The number of aromatic nitrogens is 1. The predicted octanol–water partition coefficient (Wildman–Crippen LogP) is 8.00. The van der Waals surface area contributed by atoms with Gasteiger partial charge in [0.2, 0.25) is 5.91 Å². The average molecular weight is 898 g/mol. The van der Waals surface area contributed by atoms with Crippen LogP contribution in [-0.2, 0) is 29.1 Å². The lowest BCUT2D eigenvalue weighted by atomic mass is 9.66. The van der Waals surface area contributed by atoms with Crippen LogP contribution in [0, 0.1) is 17.3 Å². The number of aromatic amines is 1. The molecule has 4 N–H and O–H groups in total. The number of β-lactam (4-membered cyclic amide) rings is 1. The van der Waals surface area contributed by atoms with E-state index < -0.39 is 15.9 Å². The van der Waals surface area contributed by atoms with Crippen LogP contribution >= 0.6 is 11.6 Å². The first kappa shape index (κ1) is 43.4. The Morgan fingerprint density at radius 2 is 1.71 bits per heavy atom. The minimum absolute atomic E-state index is 0.0644. The summed E-state index contributed by atoms with van der Waals surface area (Å²) in [7, 11) is -2.75. The lowest BCUT2D eigenvalue weighted by Gasteiger charge is -2.56. The smallest absolute Gasteiger partial charge is 0.268 e. The highest BCUT2D eigenvalue weighted by Crippen LogP contribution is 2.59. The van der Waals surface area contributed by atoms with Gasteiger partial charge in [-0.3, -0.25) is 14.5 Å². The van der Waals surface area contributed by atoms with Gasteiger partial charge in [0.15, 0.2) is 0 Å². The van der Waals surface area contributed by atoms with Crippen LogP contribution in [-0.4, -0.2) is 94.3 Å². The van der Waals surface area contributed by atoms with E-state index in [4.69, 9.17) is 25.8 Å².